The fraction of sp³-hybridized carbons (Fsp3) is 0.200. The van der Waals surface area contributed by atoms with E-state index in [1.807, 2.05) is 18.2 Å². The van der Waals surface area contributed by atoms with E-state index in [-0.39, 0.29) is 22.8 Å². The molecule has 0 unspecified atom stereocenters. The van der Waals surface area contributed by atoms with Crippen molar-refractivity contribution in [3.8, 4) is 11.8 Å². The first-order chi connectivity index (χ1) is 15.9. The maximum atomic E-state index is 13.6. The molecule has 4 rings (SSSR count). The molecule has 8 heteroatoms. The minimum atomic E-state index is -3.98. The molecule has 1 aliphatic rings. The van der Waals surface area contributed by atoms with Crippen LogP contribution in [0.4, 0.5) is 5.69 Å². The second kappa shape index (κ2) is 9.35. The van der Waals surface area contributed by atoms with Gasteiger partial charge >= 0.3 is 5.97 Å². The van der Waals surface area contributed by atoms with Gasteiger partial charge in [0.1, 0.15) is 17.3 Å². The van der Waals surface area contributed by atoms with Crippen molar-refractivity contribution in [1.29, 1.82) is 5.26 Å². The molecule has 3 aromatic carbocycles. The van der Waals surface area contributed by atoms with Gasteiger partial charge in [-0.1, -0.05) is 30.3 Å². The number of benzene rings is 3. The summed E-state index contributed by atoms with van der Waals surface area (Å²) < 4.78 is 39.3. The van der Waals surface area contributed by atoms with Crippen LogP contribution in [-0.4, -0.2) is 28.0 Å². The third kappa shape index (κ3) is 4.54. The number of esters is 1. The van der Waals surface area contributed by atoms with E-state index in [9.17, 15) is 13.2 Å². The zero-order valence-electron chi connectivity index (χ0n) is 18.0. The Morgan fingerprint density at radius 1 is 1.09 bits per heavy atom. The summed E-state index contributed by atoms with van der Waals surface area (Å²) in [5.41, 5.74) is 2.93. The lowest BCUT2D eigenvalue weighted by Crippen LogP contribution is -2.35. The van der Waals surface area contributed by atoms with Crippen LogP contribution in [0.2, 0.25) is 0 Å². The Hall–Kier alpha value is -3.83. The molecule has 0 spiro atoms. The molecular formula is C25H22N2O5S. The topological polar surface area (TPSA) is 96.7 Å². The van der Waals surface area contributed by atoms with Gasteiger partial charge in [0.05, 0.1) is 30.0 Å². The van der Waals surface area contributed by atoms with Crippen molar-refractivity contribution in [2.45, 2.75) is 24.3 Å². The van der Waals surface area contributed by atoms with Crippen molar-refractivity contribution in [1.82, 2.24) is 0 Å². The molecule has 1 aliphatic heterocycles. The lowest BCUT2D eigenvalue weighted by molar-refractivity contribution is 0.0472. The average molecular weight is 463 g/mol. The number of fused-ring (bicyclic) bond motifs is 1. The average Bonchev–Trinajstić information content (AvgIpc) is 2.86. The molecule has 0 bridgehead atoms. The molecule has 0 amide bonds. The monoisotopic (exact) mass is 462 g/mol. The summed E-state index contributed by atoms with van der Waals surface area (Å²) in [5, 5.41) is 8.88. The molecule has 3 aromatic rings. The van der Waals surface area contributed by atoms with E-state index in [0.29, 0.717) is 29.8 Å². The Kier molecular flexibility index (Phi) is 6.33. The highest BCUT2D eigenvalue weighted by Crippen LogP contribution is 2.35. The Balaban J connectivity index is 1.61. The Labute approximate surface area is 192 Å². The van der Waals surface area contributed by atoms with Gasteiger partial charge in [0.25, 0.3) is 10.0 Å². The lowest BCUT2D eigenvalue weighted by atomic mass is 10.0. The SMILES string of the molecule is COc1ccc(C(=O)OCc2ccc(C#N)cc2)cc1S(=O)(=O)N1CCCc2ccccc21. The van der Waals surface area contributed by atoms with Crippen LogP contribution in [0.15, 0.2) is 71.6 Å². The number of nitriles is 1. The van der Waals surface area contributed by atoms with Gasteiger partial charge in [-0.3, -0.25) is 4.31 Å². The van der Waals surface area contributed by atoms with Gasteiger partial charge in [-0.25, -0.2) is 13.2 Å². The van der Waals surface area contributed by atoms with Gasteiger partial charge in [-0.05, 0) is 60.4 Å². The predicted octanol–water partition coefficient (Wildman–Crippen LogP) is 4.07. The van der Waals surface area contributed by atoms with Crippen molar-refractivity contribution < 1.29 is 22.7 Å². The van der Waals surface area contributed by atoms with Crippen molar-refractivity contribution in [2.24, 2.45) is 0 Å². The summed E-state index contributed by atoms with van der Waals surface area (Å²) in [4.78, 5) is 12.6. The summed E-state index contributed by atoms with van der Waals surface area (Å²) in [6.07, 6.45) is 1.51. The highest BCUT2D eigenvalue weighted by Gasteiger charge is 2.32. The first kappa shape index (κ1) is 22.4. The zero-order chi connectivity index (χ0) is 23.4. The molecule has 0 atom stereocenters. The second-order valence-corrected chi connectivity index (χ2v) is 9.39. The number of anilines is 1. The van der Waals surface area contributed by atoms with E-state index in [1.165, 1.54) is 29.6 Å². The minimum absolute atomic E-state index is 0.00183. The van der Waals surface area contributed by atoms with E-state index >= 15 is 0 Å². The smallest absolute Gasteiger partial charge is 0.338 e. The van der Waals surface area contributed by atoms with Gasteiger partial charge in [-0.2, -0.15) is 5.26 Å². The van der Waals surface area contributed by atoms with Gasteiger partial charge in [-0.15, -0.1) is 0 Å². The van der Waals surface area contributed by atoms with E-state index < -0.39 is 16.0 Å². The number of methoxy groups -OCH3 is 1. The van der Waals surface area contributed by atoms with Gasteiger partial charge < -0.3 is 9.47 Å². The molecule has 0 aromatic heterocycles. The number of aryl methyl sites for hydroxylation is 1. The molecule has 0 saturated carbocycles. The van der Waals surface area contributed by atoms with Crippen LogP contribution < -0.4 is 9.04 Å². The van der Waals surface area contributed by atoms with Crippen LogP contribution in [0.5, 0.6) is 5.75 Å². The standard InChI is InChI=1S/C25H22N2O5S/c1-31-23-13-12-21(25(28)32-17-19-10-8-18(16-26)9-11-19)15-24(23)33(29,30)27-14-4-6-20-5-2-3-7-22(20)27/h2-3,5,7-13,15H,4,6,14,17H2,1H3. The quantitative estimate of drug-likeness (QED) is 0.513. The van der Waals surface area contributed by atoms with Crippen LogP contribution in [0.25, 0.3) is 0 Å². The second-order valence-electron chi connectivity index (χ2n) is 7.56. The number of sulfonamides is 1. The highest BCUT2D eigenvalue weighted by molar-refractivity contribution is 7.93. The lowest BCUT2D eigenvalue weighted by Gasteiger charge is -2.30. The van der Waals surface area contributed by atoms with Gasteiger partial charge in [0.15, 0.2) is 0 Å². The van der Waals surface area contributed by atoms with Crippen LogP contribution in [-0.2, 0) is 27.8 Å². The molecule has 168 valence electrons. The van der Waals surface area contributed by atoms with E-state index in [1.54, 1.807) is 36.4 Å². The third-order valence-corrected chi connectivity index (χ3v) is 7.32. The number of carbonyl (C=O) groups excluding carboxylic acids is 1. The molecule has 1 heterocycles. The number of rotatable bonds is 6. The largest absolute Gasteiger partial charge is 0.495 e. The van der Waals surface area contributed by atoms with Crippen LogP contribution in [0.3, 0.4) is 0 Å². The fourth-order valence-corrected chi connectivity index (χ4v) is 5.51. The summed E-state index contributed by atoms with van der Waals surface area (Å²) in [6, 6.07) is 20.3. The first-order valence-corrected chi connectivity index (χ1v) is 11.8. The number of hydrogen-bond donors (Lipinski definition) is 0. The summed E-state index contributed by atoms with van der Waals surface area (Å²) in [6.45, 7) is 0.341. The molecule has 0 aliphatic carbocycles. The van der Waals surface area contributed by atoms with Crippen LogP contribution in [0.1, 0.15) is 33.5 Å². The van der Waals surface area contributed by atoms with Crippen molar-refractivity contribution in [3.63, 3.8) is 0 Å². The molecule has 33 heavy (non-hydrogen) atoms. The molecule has 0 fully saturated rings. The van der Waals surface area contributed by atoms with Gasteiger partial charge in [0.2, 0.25) is 0 Å². The van der Waals surface area contributed by atoms with Gasteiger partial charge in [0, 0.05) is 6.54 Å². The van der Waals surface area contributed by atoms with Crippen molar-refractivity contribution in [3.05, 3.63) is 89.0 Å². The number of carbonyl (C=O) groups is 1. The number of ether oxygens (including phenoxy) is 2. The number of hydrogen-bond acceptors (Lipinski definition) is 6. The van der Waals surface area contributed by atoms with Crippen LogP contribution >= 0.6 is 0 Å². The summed E-state index contributed by atoms with van der Waals surface area (Å²) in [7, 11) is -2.59. The minimum Gasteiger partial charge on any atom is -0.495 e. The maximum Gasteiger partial charge on any atom is 0.338 e. The van der Waals surface area contributed by atoms with E-state index in [0.717, 1.165) is 12.0 Å². The molecule has 0 saturated heterocycles. The third-order valence-electron chi connectivity index (χ3n) is 5.49. The Morgan fingerprint density at radius 3 is 2.58 bits per heavy atom. The Morgan fingerprint density at radius 2 is 1.85 bits per heavy atom. The highest BCUT2D eigenvalue weighted by atomic mass is 32.2. The molecule has 7 nitrogen and oxygen atoms in total. The number of nitrogens with zero attached hydrogens (tertiary/aromatic N) is 2. The zero-order valence-corrected chi connectivity index (χ0v) is 18.8. The normalized spacial score (nSPS) is 13.0. The number of para-hydroxylation sites is 1. The fourth-order valence-electron chi connectivity index (χ4n) is 3.78. The van der Waals surface area contributed by atoms with Crippen molar-refractivity contribution in [2.75, 3.05) is 18.0 Å². The van der Waals surface area contributed by atoms with Crippen LogP contribution in [0, 0.1) is 11.3 Å². The predicted molar refractivity (Wildman–Crippen MR) is 123 cm³/mol. The van der Waals surface area contributed by atoms with Crippen molar-refractivity contribution >= 4 is 21.7 Å². The van der Waals surface area contributed by atoms with E-state index in [2.05, 4.69) is 0 Å². The molecule has 0 N–H and O–H groups in total. The molecular weight excluding hydrogens is 440 g/mol. The summed E-state index contributed by atoms with van der Waals surface area (Å²) >= 11 is 0. The maximum absolute atomic E-state index is 13.6. The first-order valence-electron chi connectivity index (χ1n) is 10.4. The summed E-state index contributed by atoms with van der Waals surface area (Å²) in [5.74, 6) is -0.501. The molecule has 0 radical (unpaired) electrons. The van der Waals surface area contributed by atoms with E-state index in [4.69, 9.17) is 14.7 Å². The Bertz CT molecular complexity index is 1330.